The fraction of sp³-hybridized carbons (Fsp3) is 0.333. The molecular weight excluding hydrogens is 346 g/mol. The maximum absolute atomic E-state index is 12.6. The molecule has 2 atom stereocenters. The molecule has 1 fully saturated rings. The first kappa shape index (κ1) is 17.1. The number of urea groups is 1. The lowest BCUT2D eigenvalue weighted by atomic mass is 10.1. The van der Waals surface area contributed by atoms with Crippen LogP contribution < -0.4 is 10.00 Å². The van der Waals surface area contributed by atoms with E-state index >= 15 is 0 Å². The highest BCUT2D eigenvalue weighted by Gasteiger charge is 2.51. The highest BCUT2D eigenvalue weighted by Crippen LogP contribution is 2.26. The van der Waals surface area contributed by atoms with Crippen molar-refractivity contribution in [2.24, 2.45) is 4.99 Å². The van der Waals surface area contributed by atoms with Crippen molar-refractivity contribution < 1.29 is 14.3 Å². The van der Waals surface area contributed by atoms with Crippen LogP contribution in [0.15, 0.2) is 41.4 Å². The van der Waals surface area contributed by atoms with Crippen molar-refractivity contribution in [2.45, 2.75) is 19.1 Å². The minimum absolute atomic E-state index is 0.257. The Morgan fingerprint density at radius 1 is 1.11 bits per heavy atom. The number of aromatic amines is 1. The zero-order chi connectivity index (χ0) is 19.3. The number of para-hydroxylation sites is 1. The van der Waals surface area contributed by atoms with E-state index in [2.05, 4.69) is 15.4 Å². The van der Waals surface area contributed by atoms with Gasteiger partial charge in [0.1, 0.15) is 0 Å². The van der Waals surface area contributed by atoms with Gasteiger partial charge in [0, 0.05) is 21.1 Å². The van der Waals surface area contributed by atoms with Crippen LogP contribution in [0.25, 0.3) is 5.69 Å². The Hall–Kier alpha value is -3.36. The number of carbonyl (C=O) groups excluding carboxylic acids is 2. The Balaban J connectivity index is 1.67. The number of H-pyrrole nitrogens is 1. The van der Waals surface area contributed by atoms with Crippen LogP contribution >= 0.6 is 0 Å². The number of fused-ring (bicyclic) bond motifs is 1. The molecule has 1 aromatic heterocycles. The minimum atomic E-state index is -0.543. The molecule has 2 aliphatic heterocycles. The van der Waals surface area contributed by atoms with E-state index in [4.69, 9.17) is 0 Å². The minimum Gasteiger partial charge on any atom is -0.310 e. The molecule has 0 aliphatic carbocycles. The van der Waals surface area contributed by atoms with Gasteiger partial charge in [-0.25, -0.2) is 20.2 Å². The molecule has 3 amide bonds. The van der Waals surface area contributed by atoms with Crippen molar-refractivity contribution in [3.05, 3.63) is 42.1 Å². The molecule has 2 aromatic rings. The van der Waals surface area contributed by atoms with Crippen molar-refractivity contribution >= 4 is 23.7 Å². The smallest absolute Gasteiger partial charge is 0.310 e. The lowest BCUT2D eigenvalue weighted by Gasteiger charge is -2.38. The van der Waals surface area contributed by atoms with Crippen LogP contribution in [0.5, 0.6) is 0 Å². The van der Waals surface area contributed by atoms with Crippen LogP contribution in [0.3, 0.4) is 0 Å². The average molecular weight is 368 g/mol. The highest BCUT2D eigenvalue weighted by atomic mass is 16.2. The number of nitrogens with one attached hydrogen (secondary N) is 2. The number of hydrogen-bond donors (Lipinski definition) is 2. The van der Waals surface area contributed by atoms with Crippen molar-refractivity contribution in [1.29, 1.82) is 0 Å². The van der Waals surface area contributed by atoms with Crippen LogP contribution in [0.4, 0.5) is 10.6 Å². The SMILES string of the molecule is Cc1cc(NC2=N[C@H]3[C@@H](C(=O)N(C)C(=O)N3C)N2C)[n+](-c2ccccc2)[nH]1. The summed E-state index contributed by atoms with van der Waals surface area (Å²) >= 11 is 0. The van der Waals surface area contributed by atoms with E-state index in [0.717, 1.165) is 22.1 Å². The van der Waals surface area contributed by atoms with Gasteiger partial charge in [-0.3, -0.25) is 9.69 Å². The van der Waals surface area contributed by atoms with Gasteiger partial charge in [-0.15, -0.1) is 4.68 Å². The summed E-state index contributed by atoms with van der Waals surface area (Å²) in [6.45, 7) is 1.97. The first-order valence-corrected chi connectivity index (χ1v) is 8.67. The number of aromatic nitrogens is 2. The standard InChI is InChI=1S/C18H21N7O2/c1-11-10-13(25(21-11)12-8-6-5-7-9-12)19-17-20-15-14(22(17)2)16(26)24(4)18(27)23(15)3/h5-10,14-15H,1-4H3,(H,19,20,21)/p+1/t14-,15+/m0/s1. The molecule has 0 bridgehead atoms. The Morgan fingerprint density at radius 2 is 1.81 bits per heavy atom. The Bertz CT molecular complexity index is 936. The second-order valence-corrected chi connectivity index (χ2v) is 6.83. The lowest BCUT2D eigenvalue weighted by molar-refractivity contribution is -0.641. The Morgan fingerprint density at radius 3 is 2.52 bits per heavy atom. The van der Waals surface area contributed by atoms with Crippen LogP contribution in [-0.4, -0.2) is 71.0 Å². The van der Waals surface area contributed by atoms with Crippen molar-refractivity contribution in [3.63, 3.8) is 0 Å². The number of anilines is 1. The number of aliphatic imine (C=N–C) groups is 1. The molecule has 9 heteroatoms. The predicted molar refractivity (Wildman–Crippen MR) is 99.4 cm³/mol. The molecule has 0 saturated carbocycles. The number of amides is 3. The van der Waals surface area contributed by atoms with Gasteiger partial charge < -0.3 is 9.80 Å². The van der Waals surface area contributed by atoms with E-state index in [1.165, 1.54) is 11.9 Å². The maximum atomic E-state index is 12.6. The zero-order valence-corrected chi connectivity index (χ0v) is 15.7. The normalized spacial score (nSPS) is 22.2. The fourth-order valence-electron chi connectivity index (χ4n) is 3.50. The summed E-state index contributed by atoms with van der Waals surface area (Å²) in [5.74, 6) is 1.07. The van der Waals surface area contributed by atoms with E-state index < -0.39 is 12.2 Å². The number of imide groups is 1. The Labute approximate surface area is 156 Å². The van der Waals surface area contributed by atoms with Gasteiger partial charge in [-0.1, -0.05) is 18.2 Å². The number of likely N-dealkylation sites (N-methyl/N-ethyl adjacent to an activating group) is 3. The molecular formula is C18H22N7O2+. The molecule has 0 radical (unpaired) electrons. The molecule has 9 nitrogen and oxygen atoms in total. The van der Waals surface area contributed by atoms with E-state index in [1.54, 1.807) is 19.0 Å². The van der Waals surface area contributed by atoms with Crippen LogP contribution in [0.2, 0.25) is 0 Å². The van der Waals surface area contributed by atoms with Crippen molar-refractivity contribution in [3.8, 4) is 5.69 Å². The summed E-state index contributed by atoms with van der Waals surface area (Å²) in [6.07, 6.45) is -0.543. The number of aryl methyl sites for hydroxylation is 1. The van der Waals surface area contributed by atoms with Crippen LogP contribution in [0.1, 0.15) is 5.69 Å². The molecule has 2 aliphatic rings. The molecule has 4 rings (SSSR count). The van der Waals surface area contributed by atoms with Gasteiger partial charge in [-0.05, 0) is 19.1 Å². The third kappa shape index (κ3) is 2.62. The van der Waals surface area contributed by atoms with Gasteiger partial charge in [0.2, 0.25) is 0 Å². The van der Waals surface area contributed by atoms with Crippen LogP contribution in [-0.2, 0) is 4.79 Å². The number of hydrogen-bond acceptors (Lipinski definition) is 5. The van der Waals surface area contributed by atoms with Gasteiger partial charge in [0.25, 0.3) is 11.9 Å². The van der Waals surface area contributed by atoms with Gasteiger partial charge in [0.05, 0.1) is 11.8 Å². The van der Waals surface area contributed by atoms with E-state index in [-0.39, 0.29) is 11.9 Å². The van der Waals surface area contributed by atoms with Gasteiger partial charge in [0.15, 0.2) is 17.9 Å². The monoisotopic (exact) mass is 368 g/mol. The first-order valence-electron chi connectivity index (χ1n) is 8.67. The number of rotatable bonds is 2. The topological polar surface area (TPSA) is 87.9 Å². The first-order chi connectivity index (χ1) is 12.9. The third-order valence-electron chi connectivity index (χ3n) is 4.99. The number of benzene rings is 1. The number of guanidine groups is 1. The van der Waals surface area contributed by atoms with Crippen molar-refractivity contribution in [1.82, 2.24) is 19.8 Å². The van der Waals surface area contributed by atoms with E-state index in [9.17, 15) is 9.59 Å². The predicted octanol–water partition coefficient (Wildman–Crippen LogP) is 0.532. The molecule has 1 saturated heterocycles. The molecule has 27 heavy (non-hydrogen) atoms. The summed E-state index contributed by atoms with van der Waals surface area (Å²) < 4.78 is 1.91. The molecule has 140 valence electrons. The van der Waals surface area contributed by atoms with Gasteiger partial charge >= 0.3 is 11.8 Å². The second-order valence-electron chi connectivity index (χ2n) is 6.83. The largest absolute Gasteiger partial charge is 0.328 e. The fourth-order valence-corrected chi connectivity index (χ4v) is 3.50. The highest BCUT2D eigenvalue weighted by molar-refractivity contribution is 6.05. The summed E-state index contributed by atoms with van der Waals surface area (Å²) in [5.41, 5.74) is 1.94. The third-order valence-corrected chi connectivity index (χ3v) is 4.99. The molecule has 0 unspecified atom stereocenters. The van der Waals surface area contributed by atoms with E-state index in [0.29, 0.717) is 5.96 Å². The molecule has 0 spiro atoms. The zero-order valence-electron chi connectivity index (χ0n) is 15.7. The Kier molecular flexibility index (Phi) is 3.87. The van der Waals surface area contributed by atoms with E-state index in [1.807, 2.05) is 48.0 Å². The van der Waals surface area contributed by atoms with Gasteiger partial charge in [-0.2, -0.15) is 0 Å². The van der Waals surface area contributed by atoms with Crippen LogP contribution in [0, 0.1) is 6.92 Å². The maximum Gasteiger partial charge on any atom is 0.328 e. The molecule has 3 heterocycles. The quantitative estimate of drug-likeness (QED) is 0.757. The molecule has 1 aromatic carbocycles. The van der Waals surface area contributed by atoms with Crippen molar-refractivity contribution in [2.75, 3.05) is 26.5 Å². The summed E-state index contributed by atoms with van der Waals surface area (Å²) in [6, 6.07) is 11.0. The summed E-state index contributed by atoms with van der Waals surface area (Å²) in [5, 5.41) is 6.59. The molecule has 2 N–H and O–H groups in total. The summed E-state index contributed by atoms with van der Waals surface area (Å²) in [7, 11) is 4.96. The second kappa shape index (κ2) is 6.11. The number of nitrogens with zero attached hydrogens (tertiary/aromatic N) is 5. The lowest BCUT2D eigenvalue weighted by Crippen LogP contribution is -2.63. The summed E-state index contributed by atoms with van der Waals surface area (Å²) in [4.78, 5) is 33.8. The number of carbonyl (C=O) groups is 2. The average Bonchev–Trinajstić information content (AvgIpc) is 3.19.